The number of aromatic nitrogens is 4. The molecule has 140 valence electrons. The largest absolute Gasteiger partial charge is 0.376 e. The molecule has 2 fully saturated rings. The third kappa shape index (κ3) is 3.19. The Morgan fingerprint density at radius 3 is 2.81 bits per heavy atom. The molecule has 6 nitrogen and oxygen atoms in total. The molecule has 1 unspecified atom stereocenters. The maximum Gasteiger partial charge on any atom is 0.158 e. The lowest BCUT2D eigenvalue weighted by Crippen LogP contribution is -2.37. The smallest absolute Gasteiger partial charge is 0.158 e. The highest BCUT2D eigenvalue weighted by Gasteiger charge is 2.41. The van der Waals surface area contributed by atoms with Crippen molar-refractivity contribution in [3.8, 4) is 17.2 Å². The summed E-state index contributed by atoms with van der Waals surface area (Å²) in [5.74, 6) is 0.936. The minimum Gasteiger partial charge on any atom is -0.376 e. The summed E-state index contributed by atoms with van der Waals surface area (Å²) >= 11 is 0. The Morgan fingerprint density at radius 1 is 1.11 bits per heavy atom. The summed E-state index contributed by atoms with van der Waals surface area (Å²) in [6.45, 7) is 3.96. The number of piperidine rings is 1. The Morgan fingerprint density at radius 2 is 1.96 bits per heavy atom. The minimum absolute atomic E-state index is 0.254. The Kier molecular flexibility index (Phi) is 4.30. The summed E-state index contributed by atoms with van der Waals surface area (Å²) < 4.78 is 10.4. The number of imidazole rings is 1. The van der Waals surface area contributed by atoms with Crippen molar-refractivity contribution in [2.75, 3.05) is 19.7 Å². The van der Waals surface area contributed by atoms with E-state index < -0.39 is 0 Å². The second kappa shape index (κ2) is 6.94. The van der Waals surface area contributed by atoms with E-state index in [0.29, 0.717) is 5.41 Å². The molecule has 1 N–H and O–H groups in total. The van der Waals surface area contributed by atoms with E-state index in [-0.39, 0.29) is 6.10 Å². The van der Waals surface area contributed by atoms with E-state index in [4.69, 9.17) is 4.74 Å². The molecule has 0 saturated carbocycles. The fraction of sp³-hybridized carbons (Fsp3) is 0.429. The zero-order valence-corrected chi connectivity index (χ0v) is 15.4. The summed E-state index contributed by atoms with van der Waals surface area (Å²) in [4.78, 5) is 4.63. The van der Waals surface area contributed by atoms with Crippen molar-refractivity contribution >= 4 is 0 Å². The average molecular weight is 363 g/mol. The molecule has 1 spiro atoms. The van der Waals surface area contributed by atoms with Crippen molar-refractivity contribution in [1.82, 2.24) is 24.6 Å². The molecule has 1 aromatic carbocycles. The molecule has 5 rings (SSSR count). The molecular formula is C21H25N5O. The predicted octanol–water partition coefficient (Wildman–Crippen LogP) is 2.89. The third-order valence-electron chi connectivity index (χ3n) is 5.94. The van der Waals surface area contributed by atoms with Crippen LogP contribution in [0.2, 0.25) is 0 Å². The Hall–Kier alpha value is -2.44. The van der Waals surface area contributed by atoms with Gasteiger partial charge < -0.3 is 14.6 Å². The predicted molar refractivity (Wildman–Crippen MR) is 104 cm³/mol. The van der Waals surface area contributed by atoms with Gasteiger partial charge in [-0.05, 0) is 56.0 Å². The summed E-state index contributed by atoms with van der Waals surface area (Å²) in [6, 6.07) is 12.2. The first-order valence-electron chi connectivity index (χ1n) is 9.76. The maximum atomic E-state index is 6.21. The minimum atomic E-state index is 0.254. The summed E-state index contributed by atoms with van der Waals surface area (Å²) in [5.41, 5.74) is 2.42. The number of hydrogen-bond acceptors (Lipinski definition) is 4. The third-order valence-corrected chi connectivity index (χ3v) is 5.94. The van der Waals surface area contributed by atoms with Crippen LogP contribution in [0.15, 0.2) is 55.0 Å². The van der Waals surface area contributed by atoms with Gasteiger partial charge in [-0.2, -0.15) is 5.10 Å². The van der Waals surface area contributed by atoms with Gasteiger partial charge in [-0.25, -0.2) is 9.67 Å². The first-order chi connectivity index (χ1) is 13.3. The number of para-hydroxylation sites is 1. The van der Waals surface area contributed by atoms with Crippen molar-refractivity contribution in [3.63, 3.8) is 0 Å². The molecule has 27 heavy (non-hydrogen) atoms. The van der Waals surface area contributed by atoms with E-state index in [0.717, 1.165) is 49.9 Å². The van der Waals surface area contributed by atoms with Gasteiger partial charge in [-0.1, -0.05) is 18.2 Å². The van der Waals surface area contributed by atoms with Crippen LogP contribution in [0, 0.1) is 5.41 Å². The molecule has 3 aromatic rings. The number of nitrogens with one attached hydrogen (secondary N) is 1. The second-order valence-corrected chi connectivity index (χ2v) is 7.75. The molecule has 2 saturated heterocycles. The zero-order chi connectivity index (χ0) is 18.1. The molecule has 0 radical (unpaired) electrons. The van der Waals surface area contributed by atoms with Gasteiger partial charge in [-0.3, -0.25) is 0 Å². The molecule has 0 bridgehead atoms. The van der Waals surface area contributed by atoms with E-state index >= 15 is 0 Å². The molecule has 2 aliphatic rings. The van der Waals surface area contributed by atoms with Crippen LogP contribution < -0.4 is 5.32 Å². The number of hydrogen-bond donors (Lipinski definition) is 1. The topological polar surface area (TPSA) is 56.9 Å². The Bertz CT molecular complexity index is 894. The lowest BCUT2D eigenvalue weighted by atomic mass is 9.77. The molecule has 2 aliphatic heterocycles. The number of ether oxygens (including phenoxy) is 1. The lowest BCUT2D eigenvalue weighted by Gasteiger charge is -2.32. The maximum absolute atomic E-state index is 6.21. The number of nitrogens with zero attached hydrogens (tertiary/aromatic N) is 4. The average Bonchev–Trinajstić information content (AvgIpc) is 3.44. The van der Waals surface area contributed by atoms with Crippen molar-refractivity contribution in [2.24, 2.45) is 5.41 Å². The van der Waals surface area contributed by atoms with E-state index in [1.165, 1.54) is 12.8 Å². The second-order valence-electron chi connectivity index (χ2n) is 7.75. The van der Waals surface area contributed by atoms with Gasteiger partial charge in [0.25, 0.3) is 0 Å². The van der Waals surface area contributed by atoms with Gasteiger partial charge in [0, 0.05) is 12.4 Å². The first-order valence-corrected chi connectivity index (χ1v) is 9.76. The molecule has 6 heteroatoms. The van der Waals surface area contributed by atoms with E-state index in [2.05, 4.69) is 38.3 Å². The highest BCUT2D eigenvalue weighted by Crippen LogP contribution is 2.41. The molecule has 2 aromatic heterocycles. The standard InChI is InChI=1S/C21H25N5O/c1-2-4-17(5-3-1)26-19(6-9-24-26)20-23-12-13-25(20)15-18-14-21(16-27-18)7-10-22-11-8-21/h1-6,9,12-13,18,22H,7-8,10-11,14-16H2. The number of benzene rings is 1. The van der Waals surface area contributed by atoms with E-state index in [1.54, 1.807) is 0 Å². The monoisotopic (exact) mass is 363 g/mol. The molecular weight excluding hydrogens is 338 g/mol. The van der Waals surface area contributed by atoms with Crippen molar-refractivity contribution in [2.45, 2.75) is 31.9 Å². The zero-order valence-electron chi connectivity index (χ0n) is 15.4. The molecule has 0 amide bonds. The van der Waals surface area contributed by atoms with Crippen LogP contribution >= 0.6 is 0 Å². The van der Waals surface area contributed by atoms with Gasteiger partial charge in [0.1, 0.15) is 5.69 Å². The first kappa shape index (κ1) is 16.7. The van der Waals surface area contributed by atoms with Gasteiger partial charge in [-0.15, -0.1) is 0 Å². The quantitative estimate of drug-likeness (QED) is 0.774. The summed E-state index contributed by atoms with van der Waals surface area (Å²) in [7, 11) is 0. The fourth-order valence-corrected chi connectivity index (χ4v) is 4.48. The van der Waals surface area contributed by atoms with Gasteiger partial charge in [0.05, 0.1) is 31.1 Å². The van der Waals surface area contributed by atoms with Crippen LogP contribution in [0.5, 0.6) is 0 Å². The van der Waals surface area contributed by atoms with Gasteiger partial charge in [0.15, 0.2) is 5.82 Å². The van der Waals surface area contributed by atoms with Crippen LogP contribution in [0.1, 0.15) is 19.3 Å². The van der Waals surface area contributed by atoms with Crippen molar-refractivity contribution in [1.29, 1.82) is 0 Å². The van der Waals surface area contributed by atoms with Crippen LogP contribution in [0.4, 0.5) is 0 Å². The van der Waals surface area contributed by atoms with E-state index in [9.17, 15) is 0 Å². The van der Waals surface area contributed by atoms with Gasteiger partial charge >= 0.3 is 0 Å². The normalized spacial score (nSPS) is 21.7. The number of rotatable bonds is 4. The van der Waals surface area contributed by atoms with Crippen LogP contribution in [0.3, 0.4) is 0 Å². The summed E-state index contributed by atoms with van der Waals surface area (Å²) in [5, 5.41) is 7.97. The molecule has 1 atom stereocenters. The SMILES string of the molecule is c1ccc(-n2nccc2-c2nccn2CC2CC3(CCNCC3)CO2)cc1. The lowest BCUT2D eigenvalue weighted by molar-refractivity contribution is 0.0777. The van der Waals surface area contributed by atoms with Crippen molar-refractivity contribution in [3.05, 3.63) is 55.0 Å². The summed E-state index contributed by atoms with van der Waals surface area (Å²) in [6.07, 6.45) is 9.59. The van der Waals surface area contributed by atoms with Crippen molar-refractivity contribution < 1.29 is 4.74 Å². The van der Waals surface area contributed by atoms with Crippen LogP contribution in [-0.2, 0) is 11.3 Å². The highest BCUT2D eigenvalue weighted by atomic mass is 16.5. The Balaban J connectivity index is 1.38. The van der Waals surface area contributed by atoms with Crippen LogP contribution in [-0.4, -0.2) is 45.1 Å². The fourth-order valence-electron chi connectivity index (χ4n) is 4.48. The van der Waals surface area contributed by atoms with Crippen LogP contribution in [0.25, 0.3) is 17.2 Å². The van der Waals surface area contributed by atoms with E-state index in [1.807, 2.05) is 41.3 Å². The molecule has 0 aliphatic carbocycles. The Labute approximate surface area is 159 Å². The van der Waals surface area contributed by atoms with Gasteiger partial charge in [0.2, 0.25) is 0 Å². The molecule has 4 heterocycles. The highest BCUT2D eigenvalue weighted by molar-refractivity contribution is 5.54.